The van der Waals surface area contributed by atoms with Gasteiger partial charge in [0.1, 0.15) is 17.2 Å². The van der Waals surface area contributed by atoms with Crippen LogP contribution in [0.3, 0.4) is 0 Å². The Morgan fingerprint density at radius 1 is 1.08 bits per heavy atom. The van der Waals surface area contributed by atoms with Crippen LogP contribution in [-0.4, -0.2) is 22.1 Å². The van der Waals surface area contributed by atoms with E-state index in [-0.39, 0.29) is 17.1 Å². The van der Waals surface area contributed by atoms with Crippen molar-refractivity contribution in [1.82, 2.24) is 15.0 Å². The van der Waals surface area contributed by atoms with Gasteiger partial charge in [0.05, 0.1) is 18.2 Å². The Hall–Kier alpha value is -3.48. The highest BCUT2D eigenvalue weighted by Crippen LogP contribution is 2.30. The summed E-state index contributed by atoms with van der Waals surface area (Å²) in [7, 11) is 1.41. The second kappa shape index (κ2) is 6.44. The number of ether oxygens (including phenoxy) is 1. The molecular formula is C19H14F2N4O. The summed E-state index contributed by atoms with van der Waals surface area (Å²) in [6.45, 7) is 0. The maximum atomic E-state index is 14.5. The minimum absolute atomic E-state index is 0.138. The van der Waals surface area contributed by atoms with Gasteiger partial charge in [-0.2, -0.15) is 0 Å². The first kappa shape index (κ1) is 16.0. The zero-order valence-electron chi connectivity index (χ0n) is 13.8. The summed E-state index contributed by atoms with van der Waals surface area (Å²) in [5, 5.41) is 3.04. The van der Waals surface area contributed by atoms with Gasteiger partial charge in [-0.05, 0) is 36.4 Å². The quantitative estimate of drug-likeness (QED) is 0.561. The highest BCUT2D eigenvalue weighted by molar-refractivity contribution is 5.90. The largest absolute Gasteiger partial charge is 0.494 e. The molecule has 0 atom stereocenters. The van der Waals surface area contributed by atoms with Crippen molar-refractivity contribution in [1.29, 1.82) is 0 Å². The van der Waals surface area contributed by atoms with Gasteiger partial charge in [0.25, 0.3) is 0 Å². The second-order valence-electron chi connectivity index (χ2n) is 5.60. The fourth-order valence-electron chi connectivity index (χ4n) is 2.71. The standard InChI is InChI=1S/C19H14F2N4O/c1-26-15-7-3-6-13(16(15)21)18-24-14-8-9-22-19(17(14)25-18)23-12-5-2-4-11(20)10-12/h2-10H,1H3,(H,22,23)(H,24,25). The average Bonchev–Trinajstić information content (AvgIpc) is 3.07. The first-order valence-corrected chi connectivity index (χ1v) is 7.86. The highest BCUT2D eigenvalue weighted by Gasteiger charge is 2.16. The molecule has 5 nitrogen and oxygen atoms in total. The molecule has 0 unspecified atom stereocenters. The summed E-state index contributed by atoms with van der Waals surface area (Å²) in [6.07, 6.45) is 1.59. The lowest BCUT2D eigenvalue weighted by molar-refractivity contribution is 0.387. The summed E-state index contributed by atoms with van der Waals surface area (Å²) in [5.74, 6) is 0.0785. The fourth-order valence-corrected chi connectivity index (χ4v) is 2.71. The molecule has 0 radical (unpaired) electrons. The van der Waals surface area contributed by atoms with Gasteiger partial charge in [0.15, 0.2) is 17.4 Å². The number of methoxy groups -OCH3 is 1. The number of rotatable bonds is 4. The molecule has 0 amide bonds. The maximum Gasteiger partial charge on any atom is 0.175 e. The molecular weight excluding hydrogens is 338 g/mol. The number of pyridine rings is 1. The van der Waals surface area contributed by atoms with E-state index in [1.807, 2.05) is 0 Å². The van der Waals surface area contributed by atoms with Crippen molar-refractivity contribution in [2.24, 2.45) is 0 Å². The Balaban J connectivity index is 1.79. The molecule has 0 bridgehead atoms. The van der Waals surface area contributed by atoms with Crippen LogP contribution in [-0.2, 0) is 0 Å². The lowest BCUT2D eigenvalue weighted by atomic mass is 10.2. The van der Waals surface area contributed by atoms with Crippen LogP contribution in [0.4, 0.5) is 20.3 Å². The Morgan fingerprint density at radius 2 is 1.92 bits per heavy atom. The van der Waals surface area contributed by atoms with E-state index >= 15 is 0 Å². The number of halogens is 2. The molecule has 4 rings (SSSR count). The molecule has 0 saturated carbocycles. The van der Waals surface area contributed by atoms with Gasteiger partial charge in [-0.3, -0.25) is 0 Å². The van der Waals surface area contributed by atoms with E-state index in [9.17, 15) is 8.78 Å². The predicted molar refractivity (Wildman–Crippen MR) is 95.5 cm³/mol. The number of nitrogens with zero attached hydrogens (tertiary/aromatic N) is 2. The third-order valence-corrected chi connectivity index (χ3v) is 3.93. The molecule has 0 spiro atoms. The van der Waals surface area contributed by atoms with Gasteiger partial charge >= 0.3 is 0 Å². The van der Waals surface area contributed by atoms with E-state index in [2.05, 4.69) is 20.3 Å². The minimum atomic E-state index is -0.498. The smallest absolute Gasteiger partial charge is 0.175 e. The van der Waals surface area contributed by atoms with Gasteiger partial charge in [0.2, 0.25) is 0 Å². The monoisotopic (exact) mass is 352 g/mol. The predicted octanol–water partition coefficient (Wildman–Crippen LogP) is 4.66. The van der Waals surface area contributed by atoms with E-state index in [0.717, 1.165) is 0 Å². The Labute approximate surface area is 147 Å². The van der Waals surface area contributed by atoms with Gasteiger partial charge in [-0.15, -0.1) is 0 Å². The Morgan fingerprint density at radius 3 is 2.73 bits per heavy atom. The molecule has 0 aliphatic heterocycles. The molecule has 2 aromatic carbocycles. The lowest BCUT2D eigenvalue weighted by Crippen LogP contribution is -1.95. The molecule has 2 N–H and O–H groups in total. The zero-order valence-corrected chi connectivity index (χ0v) is 13.8. The summed E-state index contributed by atoms with van der Waals surface area (Å²) in [6, 6.07) is 12.6. The third-order valence-electron chi connectivity index (χ3n) is 3.93. The lowest BCUT2D eigenvalue weighted by Gasteiger charge is -2.05. The van der Waals surface area contributed by atoms with Gasteiger partial charge in [-0.1, -0.05) is 12.1 Å². The number of anilines is 2. The topological polar surface area (TPSA) is 62.8 Å². The molecule has 2 aromatic heterocycles. The van der Waals surface area contributed by atoms with Crippen LogP contribution in [0.2, 0.25) is 0 Å². The Kier molecular flexibility index (Phi) is 3.96. The van der Waals surface area contributed by atoms with Crippen LogP contribution in [0.15, 0.2) is 54.7 Å². The van der Waals surface area contributed by atoms with Crippen molar-refractivity contribution in [3.8, 4) is 17.1 Å². The molecule has 2 heterocycles. The van der Waals surface area contributed by atoms with E-state index < -0.39 is 5.82 Å². The average molecular weight is 352 g/mol. The minimum Gasteiger partial charge on any atom is -0.494 e. The number of hydrogen-bond donors (Lipinski definition) is 2. The molecule has 4 aromatic rings. The first-order chi connectivity index (χ1) is 12.7. The third kappa shape index (κ3) is 2.83. The highest BCUT2D eigenvalue weighted by atomic mass is 19.1. The van der Waals surface area contributed by atoms with Crippen molar-refractivity contribution in [3.05, 3.63) is 66.4 Å². The zero-order chi connectivity index (χ0) is 18.1. The number of aromatic nitrogens is 3. The molecule has 0 aliphatic carbocycles. The number of hydrogen-bond acceptors (Lipinski definition) is 4. The summed E-state index contributed by atoms with van der Waals surface area (Å²) in [5.41, 5.74) is 2.03. The molecule has 26 heavy (non-hydrogen) atoms. The number of benzene rings is 2. The number of imidazole rings is 1. The first-order valence-electron chi connectivity index (χ1n) is 7.86. The van der Waals surface area contributed by atoms with Crippen LogP contribution in [0.5, 0.6) is 5.75 Å². The van der Waals surface area contributed by atoms with Crippen molar-refractivity contribution >= 4 is 22.5 Å². The van der Waals surface area contributed by atoms with Crippen LogP contribution in [0, 0.1) is 11.6 Å². The molecule has 0 aliphatic rings. The molecule has 0 saturated heterocycles. The fraction of sp³-hybridized carbons (Fsp3) is 0.0526. The van der Waals surface area contributed by atoms with Crippen LogP contribution in [0.1, 0.15) is 0 Å². The van der Waals surface area contributed by atoms with Crippen molar-refractivity contribution in [3.63, 3.8) is 0 Å². The molecule has 7 heteroatoms. The second-order valence-corrected chi connectivity index (χ2v) is 5.60. The SMILES string of the molecule is COc1cccc(-c2nc3c(Nc4cccc(F)c4)nccc3[nH]2)c1F. The van der Waals surface area contributed by atoms with Crippen LogP contribution in [0.25, 0.3) is 22.4 Å². The van der Waals surface area contributed by atoms with Crippen molar-refractivity contribution in [2.75, 3.05) is 12.4 Å². The van der Waals surface area contributed by atoms with E-state index in [4.69, 9.17) is 4.74 Å². The number of aromatic amines is 1. The van der Waals surface area contributed by atoms with Gasteiger partial charge in [-0.25, -0.2) is 18.7 Å². The maximum absolute atomic E-state index is 14.5. The van der Waals surface area contributed by atoms with Gasteiger partial charge in [0, 0.05) is 11.9 Å². The number of fused-ring (bicyclic) bond motifs is 1. The van der Waals surface area contributed by atoms with E-state index in [0.29, 0.717) is 28.4 Å². The summed E-state index contributed by atoms with van der Waals surface area (Å²) >= 11 is 0. The summed E-state index contributed by atoms with van der Waals surface area (Å²) in [4.78, 5) is 11.8. The van der Waals surface area contributed by atoms with Gasteiger partial charge < -0.3 is 15.0 Å². The van der Waals surface area contributed by atoms with Crippen molar-refractivity contribution in [2.45, 2.75) is 0 Å². The van der Waals surface area contributed by atoms with Crippen LogP contribution < -0.4 is 10.1 Å². The normalized spacial score (nSPS) is 10.9. The number of H-pyrrole nitrogens is 1. The van der Waals surface area contributed by atoms with E-state index in [1.54, 1.807) is 42.6 Å². The Bertz CT molecular complexity index is 1090. The van der Waals surface area contributed by atoms with Crippen molar-refractivity contribution < 1.29 is 13.5 Å². The molecule has 130 valence electrons. The van der Waals surface area contributed by atoms with E-state index in [1.165, 1.54) is 19.2 Å². The van der Waals surface area contributed by atoms with Crippen LogP contribution >= 0.6 is 0 Å². The molecule has 0 fully saturated rings. The summed E-state index contributed by atoms with van der Waals surface area (Å²) < 4.78 is 32.9. The number of nitrogens with one attached hydrogen (secondary N) is 2.